The average Bonchev–Trinajstić information content (AvgIpc) is 3.26. The number of carbonyl (C=O) groups excluding carboxylic acids is 2. The maximum absolute atomic E-state index is 13.3. The predicted molar refractivity (Wildman–Crippen MR) is 116 cm³/mol. The molecule has 0 aliphatic carbocycles. The van der Waals surface area contributed by atoms with E-state index in [-0.39, 0.29) is 24.1 Å². The van der Waals surface area contributed by atoms with Gasteiger partial charge in [0.1, 0.15) is 12.6 Å². The van der Waals surface area contributed by atoms with Crippen LogP contribution >= 0.6 is 22.9 Å². The number of amides is 1. The smallest absolute Gasteiger partial charge is 0.329 e. The van der Waals surface area contributed by atoms with Gasteiger partial charge in [0.2, 0.25) is 0 Å². The van der Waals surface area contributed by atoms with Crippen LogP contribution in [0.15, 0.2) is 60.0 Å². The van der Waals surface area contributed by atoms with Crippen molar-refractivity contribution in [3.8, 4) is 0 Å². The van der Waals surface area contributed by atoms with E-state index in [2.05, 4.69) is 0 Å². The van der Waals surface area contributed by atoms with Crippen LogP contribution in [-0.2, 0) is 29.1 Å². The quantitative estimate of drug-likeness (QED) is 0.317. The van der Waals surface area contributed by atoms with Crippen molar-refractivity contribution in [2.24, 2.45) is 0 Å². The van der Waals surface area contributed by atoms with E-state index in [4.69, 9.17) is 16.3 Å². The number of nitrogens with zero attached hydrogens (tertiary/aromatic N) is 2. The first kappa shape index (κ1) is 21.0. The first-order valence-electron chi connectivity index (χ1n) is 9.44. The van der Waals surface area contributed by atoms with Crippen LogP contribution in [0.1, 0.15) is 27.0 Å². The van der Waals surface area contributed by atoms with E-state index in [0.29, 0.717) is 22.6 Å². The number of hydrogen-bond donors (Lipinski definition) is 0. The van der Waals surface area contributed by atoms with Gasteiger partial charge in [-0.05, 0) is 23.3 Å². The first-order valence-corrected chi connectivity index (χ1v) is 10.7. The molecule has 2 heterocycles. The van der Waals surface area contributed by atoms with Gasteiger partial charge >= 0.3 is 11.0 Å². The number of ether oxygens (including phenoxy) is 1. The molecule has 158 valence electrons. The molecule has 1 amide bonds. The highest BCUT2D eigenvalue weighted by atomic mass is 35.5. The van der Waals surface area contributed by atoms with Gasteiger partial charge in [0.15, 0.2) is 0 Å². The Kier molecular flexibility index (Phi) is 6.01. The summed E-state index contributed by atoms with van der Waals surface area (Å²) in [6.45, 7) is 0.152. The molecule has 4 rings (SSSR count). The first-order chi connectivity index (χ1) is 14.9. The van der Waals surface area contributed by atoms with Crippen molar-refractivity contribution in [2.45, 2.75) is 25.6 Å². The van der Waals surface area contributed by atoms with Gasteiger partial charge in [0.25, 0.3) is 5.91 Å². The second-order valence-electron chi connectivity index (χ2n) is 7.06. The molecular formula is C22H17ClN2O5S. The molecule has 0 saturated heterocycles. The Balaban J connectivity index is 1.57. The van der Waals surface area contributed by atoms with Crippen molar-refractivity contribution in [1.82, 2.24) is 4.90 Å². The zero-order valence-corrected chi connectivity index (χ0v) is 17.8. The lowest BCUT2D eigenvalue weighted by Crippen LogP contribution is -2.49. The van der Waals surface area contributed by atoms with Gasteiger partial charge < -0.3 is 9.64 Å². The summed E-state index contributed by atoms with van der Waals surface area (Å²) < 4.78 is 5.44. The lowest BCUT2D eigenvalue weighted by Gasteiger charge is -2.35. The summed E-state index contributed by atoms with van der Waals surface area (Å²) in [4.78, 5) is 38.1. The molecule has 9 heteroatoms. The maximum atomic E-state index is 13.3. The lowest BCUT2D eigenvalue weighted by molar-refractivity contribution is -0.380. The fraction of sp³-hybridized carbons (Fsp3) is 0.182. The summed E-state index contributed by atoms with van der Waals surface area (Å²) in [5.74, 6) is -0.919. The Labute approximate surface area is 187 Å². The van der Waals surface area contributed by atoms with Crippen LogP contribution in [0.2, 0.25) is 5.02 Å². The van der Waals surface area contributed by atoms with Crippen molar-refractivity contribution >= 4 is 39.8 Å². The van der Waals surface area contributed by atoms with Gasteiger partial charge in [0, 0.05) is 30.0 Å². The van der Waals surface area contributed by atoms with Gasteiger partial charge in [0.05, 0.1) is 15.5 Å². The van der Waals surface area contributed by atoms with Gasteiger partial charge in [-0.3, -0.25) is 14.9 Å². The summed E-state index contributed by atoms with van der Waals surface area (Å²) in [6.07, 6.45) is 0.314. The number of nitro groups is 1. The molecule has 0 N–H and O–H groups in total. The third kappa shape index (κ3) is 4.45. The SMILES string of the molecule is O=C(OCc1csc([N+](=O)[O-])c1)[C@@H]1Cc2ccccc2CN1C(=O)c1ccccc1Cl. The number of fused-ring (bicyclic) bond motifs is 1. The second-order valence-corrected chi connectivity index (χ2v) is 8.36. The molecule has 0 fully saturated rings. The zero-order chi connectivity index (χ0) is 22.0. The van der Waals surface area contributed by atoms with Crippen LogP contribution in [0.3, 0.4) is 0 Å². The molecule has 2 aromatic carbocycles. The number of thiophene rings is 1. The van der Waals surface area contributed by atoms with Crippen LogP contribution in [0.5, 0.6) is 0 Å². The van der Waals surface area contributed by atoms with Crippen molar-refractivity contribution in [3.63, 3.8) is 0 Å². The minimum absolute atomic E-state index is 0.0202. The summed E-state index contributed by atoms with van der Waals surface area (Å²) in [7, 11) is 0. The van der Waals surface area contributed by atoms with Gasteiger partial charge in [-0.1, -0.05) is 59.3 Å². The number of benzene rings is 2. The monoisotopic (exact) mass is 456 g/mol. The van der Waals surface area contributed by atoms with E-state index in [1.807, 2.05) is 24.3 Å². The normalized spacial score (nSPS) is 15.3. The van der Waals surface area contributed by atoms with Crippen molar-refractivity contribution in [3.05, 3.63) is 97.4 Å². The number of esters is 1. The van der Waals surface area contributed by atoms with E-state index >= 15 is 0 Å². The molecule has 0 radical (unpaired) electrons. The number of halogens is 1. The van der Waals surface area contributed by atoms with E-state index in [1.54, 1.807) is 29.6 Å². The minimum Gasteiger partial charge on any atom is -0.459 e. The third-order valence-corrected chi connectivity index (χ3v) is 6.35. The Morgan fingerprint density at radius 2 is 1.87 bits per heavy atom. The second kappa shape index (κ2) is 8.87. The number of rotatable bonds is 5. The summed E-state index contributed by atoms with van der Waals surface area (Å²) >= 11 is 7.19. The van der Waals surface area contributed by atoms with Gasteiger partial charge in [-0.15, -0.1) is 0 Å². The van der Waals surface area contributed by atoms with Crippen molar-refractivity contribution in [1.29, 1.82) is 0 Å². The van der Waals surface area contributed by atoms with Crippen LogP contribution in [0.25, 0.3) is 0 Å². The van der Waals surface area contributed by atoms with Crippen LogP contribution in [0, 0.1) is 10.1 Å². The number of hydrogen-bond acceptors (Lipinski definition) is 6. The Morgan fingerprint density at radius 1 is 1.16 bits per heavy atom. The fourth-order valence-electron chi connectivity index (χ4n) is 3.52. The molecule has 1 aliphatic rings. The molecule has 0 saturated carbocycles. The summed E-state index contributed by atoms with van der Waals surface area (Å²) in [6, 6.07) is 14.9. The number of carbonyl (C=O) groups is 2. The molecule has 1 aliphatic heterocycles. The van der Waals surface area contributed by atoms with Crippen LogP contribution in [-0.4, -0.2) is 27.7 Å². The molecule has 0 spiro atoms. The van der Waals surface area contributed by atoms with Crippen molar-refractivity contribution < 1.29 is 19.2 Å². The third-order valence-electron chi connectivity index (χ3n) is 5.09. The molecule has 31 heavy (non-hydrogen) atoms. The Morgan fingerprint density at radius 3 is 2.58 bits per heavy atom. The molecule has 3 aromatic rings. The largest absolute Gasteiger partial charge is 0.459 e. The summed E-state index contributed by atoms with van der Waals surface area (Å²) in [5.41, 5.74) is 2.78. The molecule has 1 atom stereocenters. The van der Waals surface area contributed by atoms with Crippen LogP contribution < -0.4 is 0 Å². The zero-order valence-electron chi connectivity index (χ0n) is 16.2. The standard InChI is InChI=1S/C22H17ClN2O5S/c23-18-8-4-3-7-17(18)21(26)24-11-16-6-2-1-5-15(16)10-19(24)22(27)30-12-14-9-20(25(28)29)31-13-14/h1-9,13,19H,10-12H2/t19-/m0/s1. The lowest BCUT2D eigenvalue weighted by atomic mass is 9.93. The van der Waals surface area contributed by atoms with E-state index in [0.717, 1.165) is 22.5 Å². The molecule has 7 nitrogen and oxygen atoms in total. The molecule has 0 bridgehead atoms. The fourth-order valence-corrected chi connectivity index (χ4v) is 4.45. The Hall–Kier alpha value is -3.23. The maximum Gasteiger partial charge on any atom is 0.329 e. The molecule has 0 unspecified atom stereocenters. The minimum atomic E-state index is -0.827. The highest BCUT2D eigenvalue weighted by Crippen LogP contribution is 2.28. The average molecular weight is 457 g/mol. The molecular weight excluding hydrogens is 440 g/mol. The topological polar surface area (TPSA) is 89.8 Å². The van der Waals surface area contributed by atoms with Crippen LogP contribution in [0.4, 0.5) is 5.00 Å². The predicted octanol–water partition coefficient (Wildman–Crippen LogP) is 4.62. The summed E-state index contributed by atoms with van der Waals surface area (Å²) in [5, 5.41) is 12.7. The van der Waals surface area contributed by atoms with Gasteiger partial charge in [-0.2, -0.15) is 0 Å². The molecule has 1 aromatic heterocycles. The van der Waals surface area contributed by atoms with E-state index in [1.165, 1.54) is 11.0 Å². The van der Waals surface area contributed by atoms with Gasteiger partial charge in [-0.25, -0.2) is 4.79 Å². The van der Waals surface area contributed by atoms with Crippen molar-refractivity contribution in [2.75, 3.05) is 0 Å². The Bertz CT molecular complexity index is 1160. The highest BCUT2D eigenvalue weighted by molar-refractivity contribution is 7.13. The van der Waals surface area contributed by atoms with E-state index < -0.39 is 16.9 Å². The highest BCUT2D eigenvalue weighted by Gasteiger charge is 2.36. The van der Waals surface area contributed by atoms with E-state index in [9.17, 15) is 19.7 Å².